The van der Waals surface area contributed by atoms with Gasteiger partial charge in [-0.1, -0.05) is 13.8 Å². The summed E-state index contributed by atoms with van der Waals surface area (Å²) in [4.78, 5) is 6.29. The van der Waals surface area contributed by atoms with Crippen LogP contribution in [0.25, 0.3) is 0 Å². The second-order valence-electron chi connectivity index (χ2n) is 5.40. The fraction of sp³-hybridized carbons (Fsp3) is 0.643. The molecule has 1 aromatic heterocycles. The number of pyridine rings is 1. The maximum absolute atomic E-state index is 12.8. The standard InChI is InChI=1S/C14H24FN3/c1-10(2)14(9-18(4)5)17-11(3)13-7-6-12(15)8-16-13/h6-8,10-11,14,17H,9H2,1-5H3. The molecule has 0 bridgehead atoms. The maximum atomic E-state index is 12.8. The second-order valence-corrected chi connectivity index (χ2v) is 5.40. The molecule has 0 aliphatic rings. The normalized spacial score (nSPS) is 15.1. The Balaban J connectivity index is 2.65. The Labute approximate surface area is 109 Å². The summed E-state index contributed by atoms with van der Waals surface area (Å²) >= 11 is 0. The lowest BCUT2D eigenvalue weighted by Gasteiger charge is -2.28. The molecule has 0 aliphatic heterocycles. The van der Waals surface area contributed by atoms with Crippen LogP contribution in [-0.2, 0) is 0 Å². The van der Waals surface area contributed by atoms with Crippen molar-refractivity contribution in [3.63, 3.8) is 0 Å². The van der Waals surface area contributed by atoms with Crippen LogP contribution in [0, 0.1) is 11.7 Å². The van der Waals surface area contributed by atoms with Crippen molar-refractivity contribution in [3.8, 4) is 0 Å². The van der Waals surface area contributed by atoms with E-state index in [0.717, 1.165) is 12.2 Å². The fourth-order valence-corrected chi connectivity index (χ4v) is 1.90. The van der Waals surface area contributed by atoms with Crippen LogP contribution in [0.15, 0.2) is 18.3 Å². The molecule has 1 aromatic rings. The smallest absolute Gasteiger partial charge is 0.141 e. The first-order valence-electron chi connectivity index (χ1n) is 6.42. The number of nitrogens with one attached hydrogen (secondary N) is 1. The van der Waals surface area contributed by atoms with Crippen molar-refractivity contribution in [2.24, 2.45) is 5.92 Å². The monoisotopic (exact) mass is 253 g/mol. The number of likely N-dealkylation sites (N-methyl/N-ethyl adjacent to an activating group) is 1. The Morgan fingerprint density at radius 3 is 2.39 bits per heavy atom. The zero-order valence-corrected chi connectivity index (χ0v) is 11.9. The topological polar surface area (TPSA) is 28.2 Å². The van der Waals surface area contributed by atoms with Crippen LogP contribution in [0.1, 0.15) is 32.5 Å². The Bertz CT molecular complexity index is 349. The van der Waals surface area contributed by atoms with Gasteiger partial charge in [-0.3, -0.25) is 4.98 Å². The van der Waals surface area contributed by atoms with Gasteiger partial charge in [0, 0.05) is 18.6 Å². The summed E-state index contributed by atoms with van der Waals surface area (Å²) in [7, 11) is 4.13. The van der Waals surface area contributed by atoms with E-state index in [1.165, 1.54) is 12.3 Å². The first-order valence-corrected chi connectivity index (χ1v) is 6.42. The van der Waals surface area contributed by atoms with Crippen molar-refractivity contribution in [2.45, 2.75) is 32.9 Å². The molecule has 1 heterocycles. The molecule has 1 rings (SSSR count). The van der Waals surface area contributed by atoms with Crippen LogP contribution in [0.3, 0.4) is 0 Å². The molecule has 4 heteroatoms. The van der Waals surface area contributed by atoms with Gasteiger partial charge in [0.05, 0.1) is 11.9 Å². The van der Waals surface area contributed by atoms with E-state index in [0.29, 0.717) is 12.0 Å². The molecule has 102 valence electrons. The van der Waals surface area contributed by atoms with Crippen LogP contribution in [0.5, 0.6) is 0 Å². The van der Waals surface area contributed by atoms with Crippen LogP contribution < -0.4 is 5.32 Å². The van der Waals surface area contributed by atoms with Crippen LogP contribution in [-0.4, -0.2) is 36.6 Å². The number of aromatic nitrogens is 1. The first-order chi connectivity index (χ1) is 8.40. The van der Waals surface area contributed by atoms with Gasteiger partial charge in [-0.25, -0.2) is 4.39 Å². The van der Waals surface area contributed by atoms with Crippen molar-refractivity contribution in [1.29, 1.82) is 0 Å². The summed E-state index contributed by atoms with van der Waals surface area (Å²) in [5, 5.41) is 3.56. The van der Waals surface area contributed by atoms with Crippen molar-refractivity contribution in [3.05, 3.63) is 29.8 Å². The van der Waals surface area contributed by atoms with Crippen molar-refractivity contribution < 1.29 is 4.39 Å². The highest BCUT2D eigenvalue weighted by atomic mass is 19.1. The maximum Gasteiger partial charge on any atom is 0.141 e. The lowest BCUT2D eigenvalue weighted by molar-refractivity contribution is 0.272. The zero-order chi connectivity index (χ0) is 13.7. The largest absolute Gasteiger partial charge is 0.308 e. The molecule has 18 heavy (non-hydrogen) atoms. The van der Waals surface area contributed by atoms with E-state index in [2.05, 4.69) is 50.1 Å². The lowest BCUT2D eigenvalue weighted by Crippen LogP contribution is -2.43. The highest BCUT2D eigenvalue weighted by Gasteiger charge is 2.18. The van der Waals surface area contributed by atoms with Gasteiger partial charge in [-0.2, -0.15) is 0 Å². The zero-order valence-electron chi connectivity index (χ0n) is 11.9. The molecule has 0 spiro atoms. The van der Waals surface area contributed by atoms with Crippen molar-refractivity contribution in [1.82, 2.24) is 15.2 Å². The molecule has 0 fully saturated rings. The minimum Gasteiger partial charge on any atom is -0.308 e. The Hall–Kier alpha value is -1.00. The molecule has 0 saturated carbocycles. The van der Waals surface area contributed by atoms with Gasteiger partial charge >= 0.3 is 0 Å². The minimum atomic E-state index is -0.292. The van der Waals surface area contributed by atoms with Gasteiger partial charge in [0.25, 0.3) is 0 Å². The molecule has 0 aliphatic carbocycles. The molecule has 0 saturated heterocycles. The second kappa shape index (κ2) is 6.81. The van der Waals surface area contributed by atoms with Gasteiger partial charge in [0.2, 0.25) is 0 Å². The van der Waals surface area contributed by atoms with Crippen molar-refractivity contribution >= 4 is 0 Å². The molecular formula is C14H24FN3. The van der Waals surface area contributed by atoms with Crippen LogP contribution in [0.2, 0.25) is 0 Å². The average molecular weight is 253 g/mol. The molecular weight excluding hydrogens is 229 g/mol. The van der Waals surface area contributed by atoms with E-state index in [1.807, 2.05) is 0 Å². The van der Waals surface area contributed by atoms with Crippen molar-refractivity contribution in [2.75, 3.05) is 20.6 Å². The molecule has 0 aromatic carbocycles. The number of halogens is 1. The summed E-state index contributed by atoms with van der Waals surface area (Å²) in [5.74, 6) is 0.245. The molecule has 2 unspecified atom stereocenters. The van der Waals surface area contributed by atoms with E-state index in [4.69, 9.17) is 0 Å². The predicted molar refractivity (Wildman–Crippen MR) is 72.9 cm³/mol. The Kier molecular flexibility index (Phi) is 5.69. The van der Waals surface area contributed by atoms with Gasteiger partial charge in [0.1, 0.15) is 5.82 Å². The number of hydrogen-bond donors (Lipinski definition) is 1. The van der Waals surface area contributed by atoms with E-state index < -0.39 is 0 Å². The van der Waals surface area contributed by atoms with Crippen LogP contribution >= 0.6 is 0 Å². The van der Waals surface area contributed by atoms with Gasteiger partial charge in [-0.05, 0) is 39.1 Å². The summed E-state index contributed by atoms with van der Waals surface area (Å²) < 4.78 is 12.8. The van der Waals surface area contributed by atoms with Gasteiger partial charge < -0.3 is 10.2 Å². The summed E-state index contributed by atoms with van der Waals surface area (Å²) in [5.41, 5.74) is 0.876. The quantitative estimate of drug-likeness (QED) is 0.844. The molecule has 1 N–H and O–H groups in total. The van der Waals surface area contributed by atoms with Gasteiger partial charge in [0.15, 0.2) is 0 Å². The minimum absolute atomic E-state index is 0.123. The third kappa shape index (κ3) is 4.70. The first kappa shape index (κ1) is 15.1. The van der Waals surface area contributed by atoms with Crippen LogP contribution in [0.4, 0.5) is 4.39 Å². The summed E-state index contributed by atoms with van der Waals surface area (Å²) in [6.07, 6.45) is 1.27. The fourth-order valence-electron chi connectivity index (χ4n) is 1.90. The number of hydrogen-bond acceptors (Lipinski definition) is 3. The molecule has 0 amide bonds. The Morgan fingerprint density at radius 2 is 1.94 bits per heavy atom. The average Bonchev–Trinajstić information content (AvgIpc) is 2.28. The van der Waals surface area contributed by atoms with E-state index >= 15 is 0 Å². The number of rotatable bonds is 6. The third-order valence-corrected chi connectivity index (χ3v) is 3.02. The van der Waals surface area contributed by atoms with E-state index in [1.54, 1.807) is 6.07 Å². The van der Waals surface area contributed by atoms with Gasteiger partial charge in [-0.15, -0.1) is 0 Å². The lowest BCUT2D eigenvalue weighted by atomic mass is 10.0. The summed E-state index contributed by atoms with van der Waals surface area (Å²) in [6.45, 7) is 7.44. The highest BCUT2D eigenvalue weighted by molar-refractivity contribution is 5.09. The van der Waals surface area contributed by atoms with E-state index in [-0.39, 0.29) is 11.9 Å². The molecule has 2 atom stereocenters. The number of nitrogens with zero attached hydrogens (tertiary/aromatic N) is 2. The molecule has 0 radical (unpaired) electrons. The molecule has 3 nitrogen and oxygen atoms in total. The summed E-state index contributed by atoms with van der Waals surface area (Å²) in [6, 6.07) is 3.71. The highest BCUT2D eigenvalue weighted by Crippen LogP contribution is 2.13. The Morgan fingerprint density at radius 1 is 1.28 bits per heavy atom. The van der Waals surface area contributed by atoms with E-state index in [9.17, 15) is 4.39 Å². The predicted octanol–water partition coefficient (Wildman–Crippen LogP) is 2.46. The third-order valence-electron chi connectivity index (χ3n) is 3.02. The SMILES string of the molecule is CC(NC(CN(C)C)C(C)C)c1ccc(F)cn1.